The number of halogens is 7. The lowest BCUT2D eigenvalue weighted by Crippen LogP contribution is -2.48. The lowest BCUT2D eigenvalue weighted by Gasteiger charge is -2.35. The van der Waals surface area contributed by atoms with Crippen molar-refractivity contribution in [2.24, 2.45) is 11.8 Å². The summed E-state index contributed by atoms with van der Waals surface area (Å²) in [6.07, 6.45) is -17.3. The average molecular weight is 540 g/mol. The standard InChI is InChI=1S/C23H27F7N4O3/c1-14(35)32-4-6-33(7-5-32)18-3-2-15(19(24)8-18)9-31-10-16-12-34(13-17(16)11-31)21(36)37-20(22(25,26)27)23(28,29)30/h2-3,8,16-17,20H,4-7,9-13H2,1H3. The Kier molecular flexibility index (Phi) is 7.50. The fraction of sp³-hybridized carbons (Fsp3) is 0.652. The highest BCUT2D eigenvalue weighted by atomic mass is 19.4. The van der Waals surface area contributed by atoms with Crippen molar-refractivity contribution >= 4 is 17.7 Å². The number of carbonyl (C=O) groups is 2. The van der Waals surface area contributed by atoms with Gasteiger partial charge in [0.05, 0.1) is 0 Å². The summed E-state index contributed by atoms with van der Waals surface area (Å²) in [6, 6.07) is 4.95. The summed E-state index contributed by atoms with van der Waals surface area (Å²) in [5.41, 5.74) is 1.17. The fourth-order valence-electron chi connectivity index (χ4n) is 5.24. The Balaban J connectivity index is 1.29. The molecular formula is C23H27F7N4O3. The van der Waals surface area contributed by atoms with Gasteiger partial charge >= 0.3 is 18.4 Å². The number of ether oxygens (including phenoxy) is 1. The molecule has 2 unspecified atom stereocenters. The van der Waals surface area contributed by atoms with E-state index in [9.17, 15) is 40.3 Å². The van der Waals surface area contributed by atoms with Crippen molar-refractivity contribution < 1.29 is 45.1 Å². The number of carbonyl (C=O) groups excluding carboxylic acids is 2. The van der Waals surface area contributed by atoms with Gasteiger partial charge in [0.1, 0.15) is 5.82 Å². The molecule has 3 heterocycles. The second-order valence-corrected chi connectivity index (χ2v) is 9.74. The smallest absolute Gasteiger partial charge is 0.426 e. The van der Waals surface area contributed by atoms with Crippen molar-refractivity contribution in [3.05, 3.63) is 29.6 Å². The molecule has 0 saturated carbocycles. The van der Waals surface area contributed by atoms with Crippen LogP contribution in [0.4, 0.5) is 41.2 Å². The highest BCUT2D eigenvalue weighted by Crippen LogP contribution is 2.38. The number of amides is 2. The number of nitrogens with zero attached hydrogens (tertiary/aromatic N) is 4. The fourth-order valence-corrected chi connectivity index (χ4v) is 5.24. The Hall–Kier alpha value is -2.77. The van der Waals surface area contributed by atoms with Gasteiger partial charge in [-0.1, -0.05) is 6.07 Å². The molecule has 0 bridgehead atoms. The van der Waals surface area contributed by atoms with Gasteiger partial charge in [0.15, 0.2) is 0 Å². The molecule has 2 atom stereocenters. The van der Waals surface area contributed by atoms with E-state index in [1.807, 2.05) is 15.9 Å². The predicted octanol–water partition coefficient (Wildman–Crippen LogP) is 3.49. The molecule has 14 heteroatoms. The Morgan fingerprint density at radius 1 is 0.919 bits per heavy atom. The number of hydrogen-bond donors (Lipinski definition) is 0. The second kappa shape index (κ2) is 10.2. The van der Waals surface area contributed by atoms with Crippen molar-refractivity contribution in [2.75, 3.05) is 57.3 Å². The first-order chi connectivity index (χ1) is 17.2. The lowest BCUT2D eigenvalue weighted by molar-refractivity contribution is -0.308. The summed E-state index contributed by atoms with van der Waals surface area (Å²) < 4.78 is 94.8. The molecule has 0 spiro atoms. The quantitative estimate of drug-likeness (QED) is 0.548. The molecule has 0 aromatic heterocycles. The maximum Gasteiger partial charge on any atom is 0.434 e. The zero-order valence-corrected chi connectivity index (χ0v) is 20.0. The Labute approximate surface area is 208 Å². The molecule has 2 amide bonds. The van der Waals surface area contributed by atoms with Crippen molar-refractivity contribution in [1.82, 2.24) is 14.7 Å². The molecule has 0 radical (unpaired) electrons. The van der Waals surface area contributed by atoms with Crippen LogP contribution in [0.5, 0.6) is 0 Å². The predicted molar refractivity (Wildman–Crippen MR) is 117 cm³/mol. The highest BCUT2D eigenvalue weighted by Gasteiger charge is 2.60. The van der Waals surface area contributed by atoms with E-state index >= 15 is 0 Å². The molecule has 4 rings (SSSR count). The highest BCUT2D eigenvalue weighted by molar-refractivity contribution is 5.73. The van der Waals surface area contributed by atoms with E-state index in [1.54, 1.807) is 11.0 Å². The third kappa shape index (κ3) is 6.21. The van der Waals surface area contributed by atoms with Gasteiger partial charge in [-0.2, -0.15) is 26.3 Å². The first-order valence-electron chi connectivity index (χ1n) is 11.8. The number of likely N-dealkylation sites (tertiary alicyclic amines) is 2. The van der Waals surface area contributed by atoms with E-state index in [0.717, 1.165) is 4.90 Å². The molecule has 0 aliphatic carbocycles. The zero-order valence-electron chi connectivity index (χ0n) is 20.0. The minimum Gasteiger partial charge on any atom is -0.426 e. The molecule has 206 valence electrons. The van der Waals surface area contributed by atoms with Crippen molar-refractivity contribution in [3.63, 3.8) is 0 Å². The normalized spacial score (nSPS) is 23.1. The van der Waals surface area contributed by atoms with Crippen LogP contribution in [0.25, 0.3) is 0 Å². The molecule has 0 N–H and O–H groups in total. The average Bonchev–Trinajstić information content (AvgIpc) is 3.36. The summed E-state index contributed by atoms with van der Waals surface area (Å²) in [4.78, 5) is 30.1. The first kappa shape index (κ1) is 27.3. The number of fused-ring (bicyclic) bond motifs is 1. The maximum atomic E-state index is 14.9. The molecule has 1 aromatic rings. The van der Waals surface area contributed by atoms with Gasteiger partial charge in [-0.05, 0) is 24.0 Å². The van der Waals surface area contributed by atoms with Gasteiger partial charge < -0.3 is 19.4 Å². The zero-order chi connectivity index (χ0) is 27.1. The van der Waals surface area contributed by atoms with Crippen molar-refractivity contribution in [3.8, 4) is 0 Å². The lowest BCUT2D eigenvalue weighted by atomic mass is 10.0. The summed E-state index contributed by atoms with van der Waals surface area (Å²) >= 11 is 0. The molecule has 3 aliphatic heterocycles. The SMILES string of the molecule is CC(=O)N1CCN(c2ccc(CN3CC4CN(C(=O)OC(C(F)(F)F)C(F)(F)F)CC4C3)c(F)c2)CC1. The number of anilines is 1. The van der Waals surface area contributed by atoms with Crippen LogP contribution in [0.15, 0.2) is 18.2 Å². The molecule has 3 aliphatic rings. The van der Waals surface area contributed by atoms with Gasteiger partial charge in [-0.3, -0.25) is 9.69 Å². The van der Waals surface area contributed by atoms with E-state index in [4.69, 9.17) is 0 Å². The molecule has 3 saturated heterocycles. The largest absolute Gasteiger partial charge is 0.434 e. The third-order valence-corrected chi connectivity index (χ3v) is 7.15. The van der Waals surface area contributed by atoms with Crippen LogP contribution in [-0.4, -0.2) is 97.5 Å². The van der Waals surface area contributed by atoms with Crippen LogP contribution in [-0.2, 0) is 16.1 Å². The summed E-state index contributed by atoms with van der Waals surface area (Å²) in [5.74, 6) is -0.715. The van der Waals surface area contributed by atoms with E-state index in [0.29, 0.717) is 50.5 Å². The minimum absolute atomic E-state index is 0.00313. The Bertz CT molecular complexity index is 983. The van der Waals surface area contributed by atoms with Gasteiger partial charge in [0.25, 0.3) is 6.10 Å². The summed E-state index contributed by atoms with van der Waals surface area (Å²) in [6.45, 7) is 4.89. The van der Waals surface area contributed by atoms with Crippen LogP contribution in [0.1, 0.15) is 12.5 Å². The molecule has 1 aromatic carbocycles. The number of hydrogen-bond acceptors (Lipinski definition) is 5. The number of benzene rings is 1. The Morgan fingerprint density at radius 2 is 1.49 bits per heavy atom. The van der Waals surface area contributed by atoms with Crippen LogP contribution >= 0.6 is 0 Å². The van der Waals surface area contributed by atoms with Crippen molar-refractivity contribution in [1.29, 1.82) is 0 Å². The Morgan fingerprint density at radius 3 is 1.97 bits per heavy atom. The molecule has 7 nitrogen and oxygen atoms in total. The van der Waals surface area contributed by atoms with Gasteiger partial charge in [0, 0.05) is 77.1 Å². The summed E-state index contributed by atoms with van der Waals surface area (Å²) in [5, 5.41) is 0. The van der Waals surface area contributed by atoms with Crippen LogP contribution in [0, 0.1) is 17.7 Å². The topological polar surface area (TPSA) is 56.3 Å². The van der Waals surface area contributed by atoms with Gasteiger partial charge in [-0.25, -0.2) is 9.18 Å². The van der Waals surface area contributed by atoms with Crippen molar-refractivity contribution in [2.45, 2.75) is 31.9 Å². The van der Waals surface area contributed by atoms with Gasteiger partial charge in [-0.15, -0.1) is 0 Å². The number of piperazine rings is 1. The van der Waals surface area contributed by atoms with E-state index in [2.05, 4.69) is 4.74 Å². The minimum atomic E-state index is -5.76. The first-order valence-corrected chi connectivity index (χ1v) is 11.8. The maximum absolute atomic E-state index is 14.9. The van der Waals surface area contributed by atoms with E-state index in [1.165, 1.54) is 13.0 Å². The van der Waals surface area contributed by atoms with E-state index in [-0.39, 0.29) is 43.2 Å². The number of rotatable bonds is 4. The summed E-state index contributed by atoms with van der Waals surface area (Å²) in [7, 11) is 0. The molecular weight excluding hydrogens is 513 g/mol. The number of alkyl halides is 6. The molecule has 37 heavy (non-hydrogen) atoms. The monoisotopic (exact) mass is 540 g/mol. The van der Waals surface area contributed by atoms with Crippen LogP contribution in [0.2, 0.25) is 0 Å². The third-order valence-electron chi connectivity index (χ3n) is 7.15. The van der Waals surface area contributed by atoms with E-state index < -0.39 is 24.5 Å². The van der Waals surface area contributed by atoms with Gasteiger partial charge in [0.2, 0.25) is 5.91 Å². The van der Waals surface area contributed by atoms with Crippen LogP contribution < -0.4 is 4.90 Å². The molecule has 3 fully saturated rings. The second-order valence-electron chi connectivity index (χ2n) is 9.74. The van der Waals surface area contributed by atoms with Crippen LogP contribution in [0.3, 0.4) is 0 Å².